The molecule has 0 radical (unpaired) electrons. The van der Waals surface area contributed by atoms with Gasteiger partial charge >= 0.3 is 5.97 Å². The van der Waals surface area contributed by atoms with E-state index in [4.69, 9.17) is 4.74 Å². The van der Waals surface area contributed by atoms with Gasteiger partial charge in [0.05, 0.1) is 29.1 Å². The first-order valence-corrected chi connectivity index (χ1v) is 9.48. The fourth-order valence-electron chi connectivity index (χ4n) is 3.43. The van der Waals surface area contributed by atoms with Gasteiger partial charge in [0, 0.05) is 11.9 Å². The highest BCUT2D eigenvalue weighted by molar-refractivity contribution is 6.11. The number of aromatic nitrogens is 1. The third-order valence-electron chi connectivity index (χ3n) is 4.83. The molecule has 1 aliphatic rings. The van der Waals surface area contributed by atoms with Crippen LogP contribution in [-0.2, 0) is 4.74 Å². The Hall–Kier alpha value is -3.67. The van der Waals surface area contributed by atoms with Crippen molar-refractivity contribution in [3.05, 3.63) is 89.2 Å². The van der Waals surface area contributed by atoms with Gasteiger partial charge in [-0.1, -0.05) is 29.8 Å². The molecule has 146 valence electrons. The highest BCUT2D eigenvalue weighted by Gasteiger charge is 2.39. The van der Waals surface area contributed by atoms with Crippen LogP contribution >= 0.6 is 0 Å². The molecule has 2 aromatic carbocycles. The second-order valence-corrected chi connectivity index (χ2v) is 6.76. The smallest absolute Gasteiger partial charge is 0.340 e. The van der Waals surface area contributed by atoms with E-state index in [0.29, 0.717) is 22.5 Å². The fraction of sp³-hybridized carbons (Fsp3) is 0.174. The van der Waals surface area contributed by atoms with Gasteiger partial charge in [-0.25, -0.2) is 4.79 Å². The average molecular weight is 387 g/mol. The molecule has 0 spiro atoms. The minimum absolute atomic E-state index is 0.136. The van der Waals surface area contributed by atoms with Crippen LogP contribution in [0.5, 0.6) is 0 Å². The number of amides is 1. The number of carbonyl (C=O) groups is 2. The van der Waals surface area contributed by atoms with Crippen molar-refractivity contribution < 1.29 is 14.3 Å². The predicted molar refractivity (Wildman–Crippen MR) is 111 cm³/mol. The number of ether oxygens (including phenoxy) is 1. The minimum atomic E-state index is -0.544. The fourth-order valence-corrected chi connectivity index (χ4v) is 3.43. The number of para-hydroxylation sites is 1. The van der Waals surface area contributed by atoms with Gasteiger partial charge in [0.2, 0.25) is 0 Å². The Kier molecular flexibility index (Phi) is 4.99. The first-order chi connectivity index (χ1) is 14.1. The summed E-state index contributed by atoms with van der Waals surface area (Å²) < 4.78 is 5.17. The molecule has 0 saturated carbocycles. The van der Waals surface area contributed by atoms with Crippen LogP contribution in [0.25, 0.3) is 0 Å². The van der Waals surface area contributed by atoms with Crippen molar-refractivity contribution in [2.24, 2.45) is 0 Å². The van der Waals surface area contributed by atoms with Gasteiger partial charge in [0.15, 0.2) is 6.17 Å². The molecule has 1 aliphatic heterocycles. The van der Waals surface area contributed by atoms with Crippen molar-refractivity contribution in [2.75, 3.05) is 16.8 Å². The molecule has 2 heterocycles. The lowest BCUT2D eigenvalue weighted by Crippen LogP contribution is -2.32. The third-order valence-corrected chi connectivity index (χ3v) is 4.83. The Bertz CT molecular complexity index is 1060. The number of hydrogen-bond donors (Lipinski definition) is 1. The summed E-state index contributed by atoms with van der Waals surface area (Å²) in [5.74, 6) is -0.550. The number of esters is 1. The molecule has 1 aromatic heterocycles. The lowest BCUT2D eigenvalue weighted by atomic mass is 10.1. The van der Waals surface area contributed by atoms with E-state index in [2.05, 4.69) is 10.3 Å². The molecule has 0 bridgehead atoms. The van der Waals surface area contributed by atoms with E-state index in [-0.39, 0.29) is 12.5 Å². The number of hydrogen-bond acceptors (Lipinski definition) is 5. The highest BCUT2D eigenvalue weighted by atomic mass is 16.5. The lowest BCUT2D eigenvalue weighted by molar-refractivity contribution is 0.0527. The Morgan fingerprint density at radius 2 is 1.86 bits per heavy atom. The molecular formula is C23H21N3O3. The van der Waals surface area contributed by atoms with Crippen LogP contribution in [0, 0.1) is 6.92 Å². The van der Waals surface area contributed by atoms with Gasteiger partial charge in [-0.15, -0.1) is 0 Å². The van der Waals surface area contributed by atoms with Gasteiger partial charge in [-0.05, 0) is 50.2 Å². The number of fused-ring (bicyclic) bond motifs is 1. The van der Waals surface area contributed by atoms with Crippen molar-refractivity contribution in [3.8, 4) is 0 Å². The maximum atomic E-state index is 13.2. The second-order valence-electron chi connectivity index (χ2n) is 6.76. The van der Waals surface area contributed by atoms with Crippen LogP contribution < -0.4 is 10.2 Å². The third kappa shape index (κ3) is 3.45. The molecule has 1 amide bonds. The number of anilines is 2. The van der Waals surface area contributed by atoms with E-state index in [1.54, 1.807) is 48.4 Å². The quantitative estimate of drug-likeness (QED) is 0.660. The van der Waals surface area contributed by atoms with Gasteiger partial charge in [0.25, 0.3) is 5.91 Å². The summed E-state index contributed by atoms with van der Waals surface area (Å²) in [4.78, 5) is 31.7. The van der Waals surface area contributed by atoms with Crippen molar-refractivity contribution in [1.82, 2.24) is 4.98 Å². The number of benzene rings is 2. The SMILES string of the molecule is CCOC(=O)c1ccccc1N[C@@H]1c2ncccc2C(=O)N1c1ccc(C)cc1. The number of nitrogens with zero attached hydrogens (tertiary/aromatic N) is 2. The van der Waals surface area contributed by atoms with Gasteiger partial charge in [0.1, 0.15) is 0 Å². The van der Waals surface area contributed by atoms with E-state index in [1.807, 2.05) is 37.3 Å². The van der Waals surface area contributed by atoms with Gasteiger partial charge in [-0.3, -0.25) is 14.7 Å². The van der Waals surface area contributed by atoms with Crippen molar-refractivity contribution >= 4 is 23.3 Å². The number of carbonyl (C=O) groups excluding carboxylic acids is 2. The average Bonchev–Trinajstić information content (AvgIpc) is 3.01. The molecule has 6 nitrogen and oxygen atoms in total. The van der Waals surface area contributed by atoms with Crippen LogP contribution in [0.4, 0.5) is 11.4 Å². The summed E-state index contributed by atoms with van der Waals surface area (Å²) in [5, 5.41) is 3.34. The highest BCUT2D eigenvalue weighted by Crippen LogP contribution is 2.37. The molecule has 0 saturated heterocycles. The number of aryl methyl sites for hydroxylation is 1. The summed E-state index contributed by atoms with van der Waals surface area (Å²) in [6, 6.07) is 18.4. The molecule has 29 heavy (non-hydrogen) atoms. The molecular weight excluding hydrogens is 366 g/mol. The number of nitrogens with one attached hydrogen (secondary N) is 1. The molecule has 3 aromatic rings. The van der Waals surface area contributed by atoms with Crippen LogP contribution in [0.15, 0.2) is 66.9 Å². The van der Waals surface area contributed by atoms with E-state index in [9.17, 15) is 9.59 Å². The van der Waals surface area contributed by atoms with Crippen LogP contribution in [0.2, 0.25) is 0 Å². The number of pyridine rings is 1. The molecule has 1 N–H and O–H groups in total. The number of rotatable bonds is 5. The van der Waals surface area contributed by atoms with Gasteiger partial charge in [-0.2, -0.15) is 0 Å². The van der Waals surface area contributed by atoms with E-state index in [1.165, 1.54) is 0 Å². The standard InChI is InChI=1S/C23H21N3O3/c1-3-29-23(28)17-7-4-5-9-19(17)25-21-20-18(8-6-14-24-20)22(27)26(21)16-12-10-15(2)11-13-16/h4-14,21,25H,3H2,1-2H3/t21-/m0/s1. The van der Waals surface area contributed by atoms with Crippen LogP contribution in [-0.4, -0.2) is 23.5 Å². The second kappa shape index (κ2) is 7.75. The summed E-state index contributed by atoms with van der Waals surface area (Å²) in [5.41, 5.74) is 4.02. The lowest BCUT2D eigenvalue weighted by Gasteiger charge is -2.27. The first kappa shape index (κ1) is 18.7. The van der Waals surface area contributed by atoms with E-state index < -0.39 is 12.1 Å². The van der Waals surface area contributed by atoms with Crippen LogP contribution in [0.1, 0.15) is 45.1 Å². The molecule has 0 fully saturated rings. The Labute approximate surface area is 169 Å². The molecule has 6 heteroatoms. The van der Waals surface area contributed by atoms with Crippen molar-refractivity contribution in [2.45, 2.75) is 20.0 Å². The van der Waals surface area contributed by atoms with Crippen LogP contribution in [0.3, 0.4) is 0 Å². The zero-order valence-corrected chi connectivity index (χ0v) is 16.3. The molecule has 1 atom stereocenters. The van der Waals surface area contributed by atoms with Gasteiger partial charge < -0.3 is 10.1 Å². The summed E-state index contributed by atoms with van der Waals surface area (Å²) in [6.07, 6.45) is 1.12. The molecule has 0 unspecified atom stereocenters. The zero-order valence-electron chi connectivity index (χ0n) is 16.3. The normalized spacial score (nSPS) is 15.2. The predicted octanol–water partition coefficient (Wildman–Crippen LogP) is 4.34. The Balaban J connectivity index is 1.77. The summed E-state index contributed by atoms with van der Waals surface area (Å²) >= 11 is 0. The minimum Gasteiger partial charge on any atom is -0.462 e. The summed E-state index contributed by atoms with van der Waals surface area (Å²) in [7, 11) is 0. The topological polar surface area (TPSA) is 71.5 Å². The molecule has 0 aliphatic carbocycles. The monoisotopic (exact) mass is 387 g/mol. The maximum Gasteiger partial charge on any atom is 0.340 e. The van der Waals surface area contributed by atoms with E-state index in [0.717, 1.165) is 11.3 Å². The Morgan fingerprint density at radius 3 is 2.62 bits per heavy atom. The zero-order chi connectivity index (χ0) is 20.4. The molecule has 4 rings (SSSR count). The van der Waals surface area contributed by atoms with E-state index >= 15 is 0 Å². The van der Waals surface area contributed by atoms with Crippen molar-refractivity contribution in [1.29, 1.82) is 0 Å². The van der Waals surface area contributed by atoms with Crippen molar-refractivity contribution in [3.63, 3.8) is 0 Å². The Morgan fingerprint density at radius 1 is 1.10 bits per heavy atom. The largest absolute Gasteiger partial charge is 0.462 e. The first-order valence-electron chi connectivity index (χ1n) is 9.48. The summed E-state index contributed by atoms with van der Waals surface area (Å²) in [6.45, 7) is 4.05. The maximum absolute atomic E-state index is 13.2.